The Morgan fingerprint density at radius 3 is 3.24 bits per heavy atom. The minimum absolute atomic E-state index is 0.0192. The van der Waals surface area contributed by atoms with Gasteiger partial charge in [-0.2, -0.15) is 0 Å². The third-order valence-corrected chi connectivity index (χ3v) is 2.51. The summed E-state index contributed by atoms with van der Waals surface area (Å²) in [6.45, 7) is 3.40. The van der Waals surface area contributed by atoms with E-state index in [0.29, 0.717) is 25.6 Å². The fraction of sp³-hybridized carbons (Fsp3) is 0.545. The van der Waals surface area contributed by atoms with Gasteiger partial charge in [0.1, 0.15) is 12.4 Å². The van der Waals surface area contributed by atoms with Gasteiger partial charge in [0, 0.05) is 25.2 Å². The zero-order chi connectivity index (χ0) is 12.1. The van der Waals surface area contributed by atoms with Gasteiger partial charge in [0.25, 0.3) is 0 Å². The fourth-order valence-corrected chi connectivity index (χ4v) is 1.72. The van der Waals surface area contributed by atoms with Crippen LogP contribution in [0.4, 0.5) is 4.79 Å². The monoisotopic (exact) mass is 237 g/mol. The second-order valence-electron chi connectivity index (χ2n) is 3.72. The predicted octanol–water partition coefficient (Wildman–Crippen LogP) is 1.09. The Labute approximate surface area is 99.6 Å². The van der Waals surface area contributed by atoms with Gasteiger partial charge in [-0.05, 0) is 6.92 Å². The molecule has 0 radical (unpaired) electrons. The van der Waals surface area contributed by atoms with Crippen molar-refractivity contribution in [2.75, 3.05) is 19.7 Å². The van der Waals surface area contributed by atoms with E-state index in [1.165, 1.54) is 6.33 Å². The maximum atomic E-state index is 11.5. The molecule has 1 saturated heterocycles. The van der Waals surface area contributed by atoms with Gasteiger partial charge in [0.2, 0.25) is 5.88 Å². The van der Waals surface area contributed by atoms with Crippen molar-refractivity contribution in [3.05, 3.63) is 18.6 Å². The van der Waals surface area contributed by atoms with E-state index in [9.17, 15) is 4.79 Å². The highest BCUT2D eigenvalue weighted by molar-refractivity contribution is 5.67. The number of ether oxygens (including phenoxy) is 2. The van der Waals surface area contributed by atoms with Crippen molar-refractivity contribution in [1.29, 1.82) is 0 Å². The normalized spacial score (nSPS) is 19.1. The highest BCUT2D eigenvalue weighted by Crippen LogP contribution is 2.16. The van der Waals surface area contributed by atoms with E-state index in [-0.39, 0.29) is 12.2 Å². The van der Waals surface area contributed by atoms with E-state index in [1.54, 1.807) is 24.1 Å². The number of aromatic nitrogens is 2. The average molecular weight is 237 g/mol. The van der Waals surface area contributed by atoms with Crippen LogP contribution in [0.1, 0.15) is 13.3 Å². The summed E-state index contributed by atoms with van der Waals surface area (Å²) in [6, 6.07) is 1.70. The summed E-state index contributed by atoms with van der Waals surface area (Å²) in [5.74, 6) is 0.538. The van der Waals surface area contributed by atoms with Crippen LogP contribution in [0.15, 0.2) is 18.6 Å². The summed E-state index contributed by atoms with van der Waals surface area (Å²) in [6.07, 6.45) is 3.56. The van der Waals surface area contributed by atoms with Gasteiger partial charge in [0.05, 0.1) is 13.2 Å². The number of hydrogen-bond donors (Lipinski definition) is 0. The highest BCUT2D eigenvalue weighted by Gasteiger charge is 2.28. The predicted molar refractivity (Wildman–Crippen MR) is 59.7 cm³/mol. The van der Waals surface area contributed by atoms with E-state index in [4.69, 9.17) is 9.47 Å². The van der Waals surface area contributed by atoms with Crippen LogP contribution in [-0.4, -0.2) is 46.8 Å². The molecule has 6 nitrogen and oxygen atoms in total. The van der Waals surface area contributed by atoms with Crippen molar-refractivity contribution < 1.29 is 14.3 Å². The molecule has 0 saturated carbocycles. The van der Waals surface area contributed by atoms with Crippen molar-refractivity contribution in [3.63, 3.8) is 0 Å². The molecule has 1 aromatic heterocycles. The summed E-state index contributed by atoms with van der Waals surface area (Å²) in [7, 11) is 0. The van der Waals surface area contributed by atoms with Crippen LogP contribution in [0.2, 0.25) is 0 Å². The molecule has 1 aliphatic rings. The van der Waals surface area contributed by atoms with Crippen LogP contribution in [-0.2, 0) is 4.74 Å². The molecular formula is C11H15N3O3. The lowest BCUT2D eigenvalue weighted by molar-refractivity contribution is 0.109. The molecule has 0 unspecified atom stereocenters. The van der Waals surface area contributed by atoms with E-state index in [2.05, 4.69) is 9.97 Å². The SMILES string of the molecule is CCOC(=O)N1CC[C@@H](Oc2ccncn2)C1. The van der Waals surface area contributed by atoms with Crippen molar-refractivity contribution in [3.8, 4) is 5.88 Å². The molecule has 92 valence electrons. The minimum Gasteiger partial charge on any atom is -0.472 e. The zero-order valence-electron chi connectivity index (χ0n) is 9.70. The first-order valence-electron chi connectivity index (χ1n) is 5.64. The lowest BCUT2D eigenvalue weighted by Crippen LogP contribution is -2.31. The lowest BCUT2D eigenvalue weighted by Gasteiger charge is -2.15. The minimum atomic E-state index is -0.277. The molecule has 1 aromatic rings. The van der Waals surface area contributed by atoms with Crippen molar-refractivity contribution >= 4 is 6.09 Å². The van der Waals surface area contributed by atoms with E-state index < -0.39 is 0 Å². The smallest absolute Gasteiger partial charge is 0.409 e. The van der Waals surface area contributed by atoms with Crippen LogP contribution in [0.5, 0.6) is 5.88 Å². The number of carbonyl (C=O) groups is 1. The van der Waals surface area contributed by atoms with E-state index in [0.717, 1.165) is 6.42 Å². The molecule has 0 N–H and O–H groups in total. The largest absolute Gasteiger partial charge is 0.472 e. The molecule has 1 atom stereocenters. The molecule has 1 amide bonds. The van der Waals surface area contributed by atoms with Gasteiger partial charge in [-0.3, -0.25) is 0 Å². The van der Waals surface area contributed by atoms with Crippen molar-refractivity contribution in [2.24, 2.45) is 0 Å². The average Bonchev–Trinajstić information content (AvgIpc) is 2.79. The summed E-state index contributed by atoms with van der Waals surface area (Å²) >= 11 is 0. The maximum Gasteiger partial charge on any atom is 0.409 e. The Morgan fingerprint density at radius 1 is 1.65 bits per heavy atom. The summed E-state index contributed by atoms with van der Waals surface area (Å²) in [5, 5.41) is 0. The highest BCUT2D eigenvalue weighted by atomic mass is 16.6. The van der Waals surface area contributed by atoms with Crippen LogP contribution >= 0.6 is 0 Å². The lowest BCUT2D eigenvalue weighted by atomic mass is 10.3. The Bertz CT molecular complexity index is 371. The third kappa shape index (κ3) is 3.05. The van der Waals surface area contributed by atoms with Gasteiger partial charge in [0.15, 0.2) is 0 Å². The molecule has 2 heterocycles. The number of amides is 1. The first kappa shape index (κ1) is 11.6. The summed E-state index contributed by atoms with van der Waals surface area (Å²) in [5.41, 5.74) is 0. The van der Waals surface area contributed by atoms with Gasteiger partial charge < -0.3 is 14.4 Å². The number of likely N-dealkylation sites (tertiary alicyclic amines) is 1. The first-order chi connectivity index (χ1) is 8.29. The van der Waals surface area contributed by atoms with Gasteiger partial charge in [-0.25, -0.2) is 14.8 Å². The molecule has 0 spiro atoms. The summed E-state index contributed by atoms with van der Waals surface area (Å²) in [4.78, 5) is 20.9. The molecule has 1 fully saturated rings. The Balaban J connectivity index is 1.84. The molecule has 0 bridgehead atoms. The Morgan fingerprint density at radius 2 is 2.53 bits per heavy atom. The fourth-order valence-electron chi connectivity index (χ4n) is 1.72. The molecule has 6 heteroatoms. The number of hydrogen-bond acceptors (Lipinski definition) is 5. The topological polar surface area (TPSA) is 64.5 Å². The Kier molecular flexibility index (Phi) is 3.74. The van der Waals surface area contributed by atoms with Gasteiger partial charge >= 0.3 is 6.09 Å². The van der Waals surface area contributed by atoms with Crippen molar-refractivity contribution in [1.82, 2.24) is 14.9 Å². The Hall–Kier alpha value is -1.85. The van der Waals surface area contributed by atoms with Crippen LogP contribution in [0.3, 0.4) is 0 Å². The quantitative estimate of drug-likeness (QED) is 0.787. The first-order valence-corrected chi connectivity index (χ1v) is 5.64. The van der Waals surface area contributed by atoms with Gasteiger partial charge in [-0.1, -0.05) is 0 Å². The van der Waals surface area contributed by atoms with Crippen LogP contribution < -0.4 is 4.74 Å². The zero-order valence-corrected chi connectivity index (χ0v) is 9.70. The molecule has 0 aromatic carbocycles. The molecule has 17 heavy (non-hydrogen) atoms. The van der Waals surface area contributed by atoms with Crippen LogP contribution in [0.25, 0.3) is 0 Å². The molecule has 0 aliphatic carbocycles. The number of nitrogens with zero attached hydrogens (tertiary/aromatic N) is 3. The van der Waals surface area contributed by atoms with Crippen molar-refractivity contribution in [2.45, 2.75) is 19.4 Å². The third-order valence-electron chi connectivity index (χ3n) is 2.51. The molecule has 1 aliphatic heterocycles. The molecule has 2 rings (SSSR count). The maximum absolute atomic E-state index is 11.5. The standard InChI is InChI=1S/C11H15N3O3/c1-2-16-11(15)14-6-4-9(7-14)17-10-3-5-12-8-13-10/h3,5,8-9H,2,4,6-7H2,1H3/t9-/m1/s1. The second kappa shape index (κ2) is 5.47. The summed E-state index contributed by atoms with van der Waals surface area (Å²) < 4.78 is 10.6. The van der Waals surface area contributed by atoms with E-state index >= 15 is 0 Å². The second-order valence-corrected chi connectivity index (χ2v) is 3.72. The van der Waals surface area contributed by atoms with Crippen LogP contribution in [0, 0.1) is 0 Å². The number of carbonyl (C=O) groups excluding carboxylic acids is 1. The van der Waals surface area contributed by atoms with Gasteiger partial charge in [-0.15, -0.1) is 0 Å². The van der Waals surface area contributed by atoms with E-state index in [1.807, 2.05) is 0 Å². The number of rotatable bonds is 3. The molecular weight excluding hydrogens is 222 g/mol.